The number of fused-ring (bicyclic) bond motifs is 2. The summed E-state index contributed by atoms with van der Waals surface area (Å²) in [6.07, 6.45) is 0.293. The van der Waals surface area contributed by atoms with E-state index in [1.165, 1.54) is 0 Å². The van der Waals surface area contributed by atoms with Gasteiger partial charge in [-0.15, -0.1) is 34.8 Å². The smallest absolute Gasteiger partial charge is 0.120 e. The molecule has 2 bridgehead atoms. The molecule has 0 aromatic carbocycles. The zero-order chi connectivity index (χ0) is 10.9. The van der Waals surface area contributed by atoms with Crippen molar-refractivity contribution in [2.24, 2.45) is 0 Å². The number of halogens is 7. The van der Waals surface area contributed by atoms with E-state index in [-0.39, 0.29) is 10.1 Å². The number of allylic oxidation sites excluding steroid dienone is 2. The Balaban J connectivity index is 2.70. The summed E-state index contributed by atoms with van der Waals surface area (Å²) in [5.41, 5.74) is 0. The van der Waals surface area contributed by atoms with Crippen LogP contribution in [0.3, 0.4) is 0 Å². The highest BCUT2D eigenvalue weighted by Crippen LogP contribution is 2.73. The molecule has 1 fully saturated rings. The number of rotatable bonds is 0. The van der Waals surface area contributed by atoms with Crippen molar-refractivity contribution in [2.75, 3.05) is 0 Å². The zero-order valence-corrected chi connectivity index (χ0v) is 11.7. The minimum atomic E-state index is -1.48. The molecule has 80 valence electrons. The average molecular weight is 335 g/mol. The van der Waals surface area contributed by atoms with E-state index in [0.717, 1.165) is 0 Å². The van der Waals surface area contributed by atoms with Gasteiger partial charge < -0.3 is 0 Å². The molecule has 0 heterocycles. The summed E-state index contributed by atoms with van der Waals surface area (Å²) in [7, 11) is 0. The molecule has 2 rings (SSSR count). The molecule has 0 spiro atoms. The van der Waals surface area contributed by atoms with Crippen LogP contribution in [0, 0.1) is 0 Å². The number of alkyl halides is 5. The third kappa shape index (κ3) is 1.03. The second-order valence-electron chi connectivity index (χ2n) is 3.39. The first-order valence-corrected chi connectivity index (χ1v) is 6.36. The number of hydrogen-bond acceptors (Lipinski definition) is 0. The Bertz CT molecular complexity index is 335. The number of hydrogen-bond donors (Lipinski definition) is 0. The molecule has 0 aliphatic heterocycles. The first-order valence-electron chi connectivity index (χ1n) is 3.65. The monoisotopic (exact) mass is 332 g/mol. The molecule has 2 aliphatic rings. The fourth-order valence-corrected chi connectivity index (χ4v) is 5.26. The van der Waals surface area contributed by atoms with Crippen LogP contribution in [0.4, 0.5) is 0 Å². The van der Waals surface area contributed by atoms with Gasteiger partial charge in [0.05, 0.1) is 15.4 Å². The summed E-state index contributed by atoms with van der Waals surface area (Å²) >= 11 is 42.6. The summed E-state index contributed by atoms with van der Waals surface area (Å²) in [4.78, 5) is -2.47. The fourth-order valence-electron chi connectivity index (χ4n) is 1.84. The molecular weight excluding hydrogens is 332 g/mol. The van der Waals surface area contributed by atoms with Crippen molar-refractivity contribution in [3.63, 3.8) is 0 Å². The molecule has 0 amide bonds. The van der Waals surface area contributed by atoms with Gasteiger partial charge >= 0.3 is 0 Å². The molecule has 0 aromatic heterocycles. The lowest BCUT2D eigenvalue weighted by atomic mass is 10.1. The second-order valence-corrected chi connectivity index (χ2v) is 7.24. The largest absolute Gasteiger partial charge is 0.167 e. The van der Waals surface area contributed by atoms with Crippen LogP contribution in [0.5, 0.6) is 0 Å². The summed E-state index contributed by atoms with van der Waals surface area (Å²) < 4.78 is -1.48. The van der Waals surface area contributed by atoms with Gasteiger partial charge in [-0.1, -0.05) is 46.4 Å². The second kappa shape index (κ2) is 3.16. The quantitative estimate of drug-likeness (QED) is 0.556. The SMILES string of the molecule is ClC1=C(Cl)[C@@]2(Cl)[C@@H](Cl)C[C@]1(Cl)C2(Cl)Cl. The molecule has 0 unspecified atom stereocenters. The maximum absolute atomic E-state index is 6.22. The van der Waals surface area contributed by atoms with Gasteiger partial charge in [0.15, 0.2) is 4.33 Å². The van der Waals surface area contributed by atoms with Crippen molar-refractivity contribution >= 4 is 81.2 Å². The van der Waals surface area contributed by atoms with Crippen LogP contribution in [0.15, 0.2) is 10.1 Å². The van der Waals surface area contributed by atoms with Crippen LogP contribution in [0.1, 0.15) is 6.42 Å². The van der Waals surface area contributed by atoms with Crippen LogP contribution < -0.4 is 0 Å². The minimum absolute atomic E-state index is 0.145. The Morgan fingerprint density at radius 1 is 1.00 bits per heavy atom. The molecule has 1 saturated carbocycles. The van der Waals surface area contributed by atoms with Crippen molar-refractivity contribution in [3.05, 3.63) is 10.1 Å². The van der Waals surface area contributed by atoms with Gasteiger partial charge in [-0.25, -0.2) is 0 Å². The van der Waals surface area contributed by atoms with Crippen molar-refractivity contribution in [1.29, 1.82) is 0 Å². The van der Waals surface area contributed by atoms with E-state index >= 15 is 0 Å². The van der Waals surface area contributed by atoms with E-state index in [9.17, 15) is 0 Å². The minimum Gasteiger partial charge on any atom is -0.120 e. The first-order chi connectivity index (χ1) is 6.19. The van der Waals surface area contributed by atoms with E-state index in [2.05, 4.69) is 0 Å². The highest BCUT2D eigenvalue weighted by molar-refractivity contribution is 6.66. The molecule has 0 N–H and O–H groups in total. The normalized spacial score (nSPS) is 50.4. The molecule has 7 heteroatoms. The molecule has 0 aromatic rings. The predicted octanol–water partition coefficient (Wildman–Crippen LogP) is 4.83. The maximum atomic E-state index is 6.22. The van der Waals surface area contributed by atoms with Crippen molar-refractivity contribution in [2.45, 2.75) is 25.9 Å². The fraction of sp³-hybridized carbons (Fsp3) is 0.714. The lowest BCUT2D eigenvalue weighted by Crippen LogP contribution is -2.44. The van der Waals surface area contributed by atoms with Gasteiger partial charge in [0, 0.05) is 0 Å². The van der Waals surface area contributed by atoms with Gasteiger partial charge in [0.1, 0.15) is 9.75 Å². The lowest BCUT2D eigenvalue weighted by Gasteiger charge is -2.31. The molecule has 0 nitrogen and oxygen atoms in total. The van der Waals surface area contributed by atoms with Crippen LogP contribution in [-0.2, 0) is 0 Å². The Kier molecular flexibility index (Phi) is 2.76. The molecule has 3 atom stereocenters. The van der Waals surface area contributed by atoms with Crippen molar-refractivity contribution in [1.82, 2.24) is 0 Å². The highest BCUT2D eigenvalue weighted by Gasteiger charge is 2.78. The van der Waals surface area contributed by atoms with Gasteiger partial charge in [-0.2, -0.15) is 0 Å². The summed E-state index contributed by atoms with van der Waals surface area (Å²) in [6, 6.07) is 0. The standard InChI is InChI=1S/C7H3Cl7/c8-2-1-5(11)3(9)4(10)6(2,12)7(5,13)14/h2H,1H2/t2-,5+,6-/m0/s1. The zero-order valence-electron chi connectivity index (χ0n) is 6.43. The molecule has 14 heavy (non-hydrogen) atoms. The van der Waals surface area contributed by atoms with E-state index in [1.54, 1.807) is 0 Å². The predicted molar refractivity (Wildman–Crippen MR) is 64.6 cm³/mol. The summed E-state index contributed by atoms with van der Waals surface area (Å²) in [6.45, 7) is 0. The average Bonchev–Trinajstić information content (AvgIpc) is 2.27. The van der Waals surface area contributed by atoms with E-state index in [0.29, 0.717) is 6.42 Å². The van der Waals surface area contributed by atoms with Gasteiger partial charge in [0.2, 0.25) is 0 Å². The van der Waals surface area contributed by atoms with Crippen molar-refractivity contribution < 1.29 is 0 Å². The summed E-state index contributed by atoms with van der Waals surface area (Å²) in [5.74, 6) is 0. The maximum Gasteiger partial charge on any atom is 0.167 e. The van der Waals surface area contributed by atoms with Crippen molar-refractivity contribution in [3.8, 4) is 0 Å². The molecular formula is C7H3Cl7. The van der Waals surface area contributed by atoms with Gasteiger partial charge in [-0.3, -0.25) is 0 Å². The topological polar surface area (TPSA) is 0 Å². The van der Waals surface area contributed by atoms with E-state index < -0.39 is 19.5 Å². The highest BCUT2D eigenvalue weighted by atomic mass is 35.5. The Morgan fingerprint density at radius 2 is 1.50 bits per heavy atom. The Hall–Kier alpha value is 1.77. The van der Waals surface area contributed by atoms with Gasteiger partial charge in [0.25, 0.3) is 0 Å². The lowest BCUT2D eigenvalue weighted by molar-refractivity contribution is 0.684. The van der Waals surface area contributed by atoms with Crippen LogP contribution in [0.2, 0.25) is 0 Å². The third-order valence-corrected chi connectivity index (χ3v) is 7.58. The molecule has 0 saturated heterocycles. The molecule has 0 radical (unpaired) electrons. The van der Waals surface area contributed by atoms with E-state index in [4.69, 9.17) is 81.2 Å². The van der Waals surface area contributed by atoms with Crippen LogP contribution in [0.25, 0.3) is 0 Å². The van der Waals surface area contributed by atoms with Crippen LogP contribution in [-0.4, -0.2) is 19.5 Å². The summed E-state index contributed by atoms with van der Waals surface area (Å²) in [5, 5.41) is -0.198. The molecule has 2 aliphatic carbocycles. The Labute approximate surface area is 116 Å². The van der Waals surface area contributed by atoms with Crippen LogP contribution >= 0.6 is 81.2 Å². The van der Waals surface area contributed by atoms with E-state index in [1.807, 2.05) is 0 Å². The van der Waals surface area contributed by atoms with Gasteiger partial charge in [-0.05, 0) is 6.42 Å². The third-order valence-electron chi connectivity index (χ3n) is 2.71. The first kappa shape index (κ1) is 12.2. The Morgan fingerprint density at radius 3 is 1.79 bits per heavy atom.